The first-order valence-electron chi connectivity index (χ1n) is 7.48. The summed E-state index contributed by atoms with van der Waals surface area (Å²) in [5.41, 5.74) is 1.91. The molecule has 116 valence electrons. The van der Waals surface area contributed by atoms with E-state index in [4.69, 9.17) is 14.6 Å². The molecule has 0 unspecified atom stereocenters. The van der Waals surface area contributed by atoms with E-state index in [2.05, 4.69) is 0 Å². The molecule has 0 saturated carbocycles. The van der Waals surface area contributed by atoms with Crippen molar-refractivity contribution in [3.05, 3.63) is 65.5 Å². The number of aryl methyl sites for hydroxylation is 1. The standard InChI is InChI=1S/C18H19FO3/c19-15-7-9-16(21-12-13-4-2-1-3-5-13)14(10-15)6-8-17-18(11-20)22-17/h1-5,7,9-10,17-18,20H,6,8,11-12H2/t17-,18-/m0/s1. The van der Waals surface area contributed by atoms with Gasteiger partial charge in [-0.25, -0.2) is 4.39 Å². The minimum absolute atomic E-state index is 0.0468. The van der Waals surface area contributed by atoms with E-state index in [9.17, 15) is 4.39 Å². The lowest BCUT2D eigenvalue weighted by molar-refractivity contribution is 0.241. The molecule has 1 heterocycles. The zero-order valence-corrected chi connectivity index (χ0v) is 12.2. The van der Waals surface area contributed by atoms with E-state index < -0.39 is 0 Å². The molecule has 1 saturated heterocycles. The summed E-state index contributed by atoms with van der Waals surface area (Å²) in [5, 5.41) is 8.97. The van der Waals surface area contributed by atoms with Crippen molar-refractivity contribution in [3.8, 4) is 5.75 Å². The Bertz CT molecular complexity index is 615. The summed E-state index contributed by atoms with van der Waals surface area (Å²) >= 11 is 0. The summed E-state index contributed by atoms with van der Waals surface area (Å²) in [6.45, 7) is 0.504. The zero-order chi connectivity index (χ0) is 15.4. The summed E-state index contributed by atoms with van der Waals surface area (Å²) in [4.78, 5) is 0. The van der Waals surface area contributed by atoms with Crippen molar-refractivity contribution in [2.24, 2.45) is 0 Å². The second kappa shape index (κ2) is 6.90. The molecule has 0 radical (unpaired) electrons. The molecule has 22 heavy (non-hydrogen) atoms. The van der Waals surface area contributed by atoms with Crippen LogP contribution in [0.25, 0.3) is 0 Å². The number of ether oxygens (including phenoxy) is 2. The molecule has 0 amide bonds. The molecule has 2 aromatic carbocycles. The number of benzene rings is 2. The fourth-order valence-corrected chi connectivity index (χ4v) is 2.51. The Hall–Kier alpha value is -1.91. The van der Waals surface area contributed by atoms with Crippen LogP contribution in [0.4, 0.5) is 4.39 Å². The number of hydrogen-bond acceptors (Lipinski definition) is 3. The molecule has 1 aliphatic rings. The van der Waals surface area contributed by atoms with Gasteiger partial charge in [-0.05, 0) is 42.2 Å². The maximum atomic E-state index is 13.5. The Morgan fingerprint density at radius 2 is 1.91 bits per heavy atom. The summed E-state index contributed by atoms with van der Waals surface area (Å²) in [7, 11) is 0. The molecule has 0 aromatic heterocycles. The fourth-order valence-electron chi connectivity index (χ4n) is 2.51. The van der Waals surface area contributed by atoms with Crippen LogP contribution in [0.3, 0.4) is 0 Å². The third-order valence-corrected chi connectivity index (χ3v) is 3.83. The SMILES string of the molecule is OC[C@@H]1O[C@H]1CCc1cc(F)ccc1OCc1ccccc1. The van der Waals surface area contributed by atoms with Crippen molar-refractivity contribution < 1.29 is 19.0 Å². The molecule has 0 bridgehead atoms. The Balaban J connectivity index is 1.62. The first-order chi connectivity index (χ1) is 10.8. The van der Waals surface area contributed by atoms with Gasteiger partial charge in [-0.1, -0.05) is 30.3 Å². The second-order valence-electron chi connectivity index (χ2n) is 5.46. The molecule has 0 aliphatic carbocycles. The summed E-state index contributed by atoms with van der Waals surface area (Å²) < 4.78 is 24.6. The third kappa shape index (κ3) is 3.84. The lowest BCUT2D eigenvalue weighted by Gasteiger charge is -2.11. The largest absolute Gasteiger partial charge is 0.489 e. The van der Waals surface area contributed by atoms with E-state index in [1.807, 2.05) is 30.3 Å². The highest BCUT2D eigenvalue weighted by Crippen LogP contribution is 2.29. The van der Waals surface area contributed by atoms with Gasteiger partial charge < -0.3 is 14.6 Å². The molecule has 3 rings (SSSR count). The van der Waals surface area contributed by atoms with Gasteiger partial charge in [-0.3, -0.25) is 0 Å². The minimum atomic E-state index is -0.266. The zero-order valence-electron chi connectivity index (χ0n) is 12.2. The molecule has 1 aliphatic heterocycles. The molecule has 1 fully saturated rings. The monoisotopic (exact) mass is 302 g/mol. The third-order valence-electron chi connectivity index (χ3n) is 3.83. The number of epoxide rings is 1. The molecular weight excluding hydrogens is 283 g/mol. The van der Waals surface area contributed by atoms with E-state index in [-0.39, 0.29) is 24.6 Å². The van der Waals surface area contributed by atoms with Crippen LogP contribution in [0.15, 0.2) is 48.5 Å². The van der Waals surface area contributed by atoms with Gasteiger partial charge >= 0.3 is 0 Å². The van der Waals surface area contributed by atoms with Gasteiger partial charge in [0.05, 0.1) is 12.7 Å². The second-order valence-corrected chi connectivity index (χ2v) is 5.46. The lowest BCUT2D eigenvalue weighted by Crippen LogP contribution is -2.03. The smallest absolute Gasteiger partial charge is 0.123 e. The molecular formula is C18H19FO3. The normalized spacial score (nSPS) is 19.9. The van der Waals surface area contributed by atoms with Crippen LogP contribution in [0.1, 0.15) is 17.5 Å². The van der Waals surface area contributed by atoms with Gasteiger partial charge in [0.15, 0.2) is 0 Å². The van der Waals surface area contributed by atoms with Gasteiger partial charge in [0.2, 0.25) is 0 Å². The van der Waals surface area contributed by atoms with Gasteiger partial charge in [0.1, 0.15) is 24.3 Å². The van der Waals surface area contributed by atoms with Crippen LogP contribution >= 0.6 is 0 Å². The quantitative estimate of drug-likeness (QED) is 0.799. The highest BCUT2D eigenvalue weighted by atomic mass is 19.1. The molecule has 4 heteroatoms. The van der Waals surface area contributed by atoms with Crippen molar-refractivity contribution in [3.63, 3.8) is 0 Å². The minimum Gasteiger partial charge on any atom is -0.489 e. The first kappa shape index (κ1) is 15.0. The number of rotatable bonds is 7. The Morgan fingerprint density at radius 1 is 1.09 bits per heavy atom. The topological polar surface area (TPSA) is 42.0 Å². The summed E-state index contributed by atoms with van der Waals surface area (Å²) in [6.07, 6.45) is 1.46. The average Bonchev–Trinajstić information content (AvgIpc) is 3.31. The predicted molar refractivity (Wildman–Crippen MR) is 81.2 cm³/mol. The van der Waals surface area contributed by atoms with Gasteiger partial charge in [-0.2, -0.15) is 0 Å². The van der Waals surface area contributed by atoms with Crippen molar-refractivity contribution in [1.82, 2.24) is 0 Å². The van der Waals surface area contributed by atoms with E-state index in [1.54, 1.807) is 6.07 Å². The van der Waals surface area contributed by atoms with Crippen molar-refractivity contribution in [2.45, 2.75) is 31.7 Å². The van der Waals surface area contributed by atoms with Gasteiger partial charge in [0.25, 0.3) is 0 Å². The lowest BCUT2D eigenvalue weighted by atomic mass is 10.1. The van der Waals surface area contributed by atoms with Crippen molar-refractivity contribution in [2.75, 3.05) is 6.61 Å². The number of aliphatic hydroxyl groups is 1. The Morgan fingerprint density at radius 3 is 2.64 bits per heavy atom. The Kier molecular flexibility index (Phi) is 4.71. The molecule has 1 N–H and O–H groups in total. The predicted octanol–water partition coefficient (Wildman–Crippen LogP) is 3.10. The van der Waals surface area contributed by atoms with E-state index in [0.29, 0.717) is 18.8 Å². The first-order valence-corrected chi connectivity index (χ1v) is 7.48. The number of aliphatic hydroxyl groups excluding tert-OH is 1. The van der Waals surface area contributed by atoms with Crippen LogP contribution in [0, 0.1) is 5.82 Å². The Labute approximate surface area is 129 Å². The van der Waals surface area contributed by atoms with Crippen LogP contribution in [0.5, 0.6) is 5.75 Å². The van der Waals surface area contributed by atoms with E-state index in [1.165, 1.54) is 12.1 Å². The molecule has 2 aromatic rings. The van der Waals surface area contributed by atoms with Crippen LogP contribution < -0.4 is 4.74 Å². The number of halogens is 1. The summed E-state index contributed by atoms with van der Waals surface area (Å²) in [6, 6.07) is 14.5. The maximum Gasteiger partial charge on any atom is 0.123 e. The highest BCUT2D eigenvalue weighted by Gasteiger charge is 2.37. The van der Waals surface area contributed by atoms with Crippen LogP contribution in [-0.4, -0.2) is 23.9 Å². The molecule has 2 atom stereocenters. The van der Waals surface area contributed by atoms with Gasteiger partial charge in [-0.15, -0.1) is 0 Å². The molecule has 3 nitrogen and oxygen atoms in total. The molecule has 0 spiro atoms. The van der Waals surface area contributed by atoms with E-state index >= 15 is 0 Å². The fraction of sp³-hybridized carbons (Fsp3) is 0.333. The van der Waals surface area contributed by atoms with Crippen molar-refractivity contribution >= 4 is 0 Å². The maximum absolute atomic E-state index is 13.5. The van der Waals surface area contributed by atoms with Crippen LogP contribution in [-0.2, 0) is 17.8 Å². The average molecular weight is 302 g/mol. The van der Waals surface area contributed by atoms with Gasteiger partial charge in [0, 0.05) is 0 Å². The highest BCUT2D eigenvalue weighted by molar-refractivity contribution is 5.34. The van der Waals surface area contributed by atoms with E-state index in [0.717, 1.165) is 17.5 Å². The number of hydrogen-bond donors (Lipinski definition) is 1. The summed E-state index contributed by atoms with van der Waals surface area (Å²) in [5.74, 6) is 0.434. The van der Waals surface area contributed by atoms with Crippen molar-refractivity contribution in [1.29, 1.82) is 0 Å². The van der Waals surface area contributed by atoms with Crippen LogP contribution in [0.2, 0.25) is 0 Å².